The summed E-state index contributed by atoms with van der Waals surface area (Å²) in [5.41, 5.74) is 0.425. The highest BCUT2D eigenvalue weighted by molar-refractivity contribution is 6.32. The highest BCUT2D eigenvalue weighted by Crippen LogP contribution is 2.34. The van der Waals surface area contributed by atoms with Gasteiger partial charge in [-0.2, -0.15) is 13.2 Å². The smallest absolute Gasteiger partial charge is 0.353 e. The van der Waals surface area contributed by atoms with Crippen LogP contribution in [0.5, 0.6) is 0 Å². The fourth-order valence-electron chi connectivity index (χ4n) is 1.92. The molecule has 0 saturated carbocycles. The van der Waals surface area contributed by atoms with Crippen LogP contribution in [0.1, 0.15) is 25.1 Å². The summed E-state index contributed by atoms with van der Waals surface area (Å²) < 4.78 is 39.7. The minimum atomic E-state index is -4.41. The molecule has 0 amide bonds. The Morgan fingerprint density at radius 2 is 1.95 bits per heavy atom. The minimum absolute atomic E-state index is 0.0223. The molecule has 7 heteroatoms. The van der Waals surface area contributed by atoms with Gasteiger partial charge in [-0.05, 0) is 39.0 Å². The van der Waals surface area contributed by atoms with Gasteiger partial charge in [-0.25, -0.2) is 4.98 Å². The standard InChI is InChI=1S/C14H15ClF3N3/c1-8(2)19-13-20-9(3)7-21(13)12-5-4-10(6-11(12)15)14(16,17)18/h4-8H,1-3H3,(H,19,20). The van der Waals surface area contributed by atoms with Crippen LogP contribution in [0.15, 0.2) is 24.4 Å². The van der Waals surface area contributed by atoms with Gasteiger partial charge in [-0.15, -0.1) is 0 Å². The third kappa shape index (κ3) is 3.50. The van der Waals surface area contributed by atoms with Crippen LogP contribution in [0, 0.1) is 6.92 Å². The number of benzene rings is 1. The monoisotopic (exact) mass is 317 g/mol. The van der Waals surface area contributed by atoms with E-state index in [4.69, 9.17) is 11.6 Å². The maximum Gasteiger partial charge on any atom is 0.416 e. The van der Waals surface area contributed by atoms with Crippen LogP contribution < -0.4 is 5.32 Å². The van der Waals surface area contributed by atoms with Gasteiger partial charge in [0.15, 0.2) is 0 Å². The Labute approximate surface area is 125 Å². The van der Waals surface area contributed by atoms with Crippen molar-refractivity contribution < 1.29 is 13.2 Å². The largest absolute Gasteiger partial charge is 0.416 e. The predicted octanol–water partition coefficient (Wildman–Crippen LogP) is 4.67. The highest BCUT2D eigenvalue weighted by Gasteiger charge is 2.31. The number of hydrogen-bond acceptors (Lipinski definition) is 2. The number of aromatic nitrogens is 2. The second-order valence-corrected chi connectivity index (χ2v) is 5.45. The van der Waals surface area contributed by atoms with Crippen molar-refractivity contribution in [3.05, 3.63) is 40.7 Å². The lowest BCUT2D eigenvalue weighted by Gasteiger charge is -2.14. The number of nitrogens with one attached hydrogen (secondary N) is 1. The average Bonchev–Trinajstić information content (AvgIpc) is 2.67. The Morgan fingerprint density at radius 3 is 2.48 bits per heavy atom. The molecular formula is C14H15ClF3N3. The molecule has 1 heterocycles. The number of imidazole rings is 1. The predicted molar refractivity (Wildman–Crippen MR) is 77.1 cm³/mol. The van der Waals surface area contributed by atoms with Gasteiger partial charge in [0.2, 0.25) is 5.95 Å². The number of rotatable bonds is 3. The molecule has 0 spiro atoms. The van der Waals surface area contributed by atoms with Crippen molar-refractivity contribution in [3.8, 4) is 5.69 Å². The second-order valence-electron chi connectivity index (χ2n) is 5.04. The van der Waals surface area contributed by atoms with Crippen molar-refractivity contribution in [1.29, 1.82) is 0 Å². The summed E-state index contributed by atoms with van der Waals surface area (Å²) >= 11 is 6.01. The average molecular weight is 318 g/mol. The van der Waals surface area contributed by atoms with Crippen molar-refractivity contribution in [2.75, 3.05) is 5.32 Å². The number of halogens is 4. The molecule has 21 heavy (non-hydrogen) atoms. The van der Waals surface area contributed by atoms with E-state index in [1.54, 1.807) is 17.7 Å². The Balaban J connectivity index is 2.48. The molecule has 0 aliphatic carbocycles. The quantitative estimate of drug-likeness (QED) is 0.891. The van der Waals surface area contributed by atoms with Gasteiger partial charge in [0.1, 0.15) is 0 Å². The number of alkyl halides is 3. The normalized spacial score (nSPS) is 12.0. The first-order chi connectivity index (χ1) is 9.68. The molecule has 2 rings (SSSR count). The van der Waals surface area contributed by atoms with E-state index in [-0.39, 0.29) is 11.1 Å². The molecule has 1 aromatic carbocycles. The van der Waals surface area contributed by atoms with Gasteiger partial charge in [-0.1, -0.05) is 11.6 Å². The molecule has 0 radical (unpaired) electrons. The minimum Gasteiger partial charge on any atom is -0.353 e. The topological polar surface area (TPSA) is 29.9 Å². The number of aryl methyl sites for hydroxylation is 1. The lowest BCUT2D eigenvalue weighted by atomic mass is 10.2. The van der Waals surface area contributed by atoms with Gasteiger partial charge >= 0.3 is 6.18 Å². The highest BCUT2D eigenvalue weighted by atomic mass is 35.5. The Bertz CT molecular complexity index is 647. The zero-order chi connectivity index (χ0) is 15.8. The molecule has 0 atom stereocenters. The number of nitrogens with zero attached hydrogens (tertiary/aromatic N) is 2. The maximum atomic E-state index is 12.7. The van der Waals surface area contributed by atoms with Crippen molar-refractivity contribution in [2.45, 2.75) is 33.0 Å². The summed E-state index contributed by atoms with van der Waals surface area (Å²) in [6, 6.07) is 3.41. The number of hydrogen-bond donors (Lipinski definition) is 1. The van der Waals surface area contributed by atoms with Gasteiger partial charge in [0, 0.05) is 12.2 Å². The molecule has 2 aromatic rings. The van der Waals surface area contributed by atoms with Gasteiger partial charge in [-0.3, -0.25) is 4.57 Å². The van der Waals surface area contributed by atoms with Crippen LogP contribution in [-0.2, 0) is 6.18 Å². The molecule has 1 aromatic heterocycles. The summed E-state index contributed by atoms with van der Waals surface area (Å²) in [5, 5.41) is 3.16. The molecular weight excluding hydrogens is 303 g/mol. The summed E-state index contributed by atoms with van der Waals surface area (Å²) in [4.78, 5) is 4.31. The summed E-state index contributed by atoms with van der Waals surface area (Å²) in [6.45, 7) is 5.70. The van der Waals surface area contributed by atoms with Crippen LogP contribution in [0.3, 0.4) is 0 Å². The molecule has 3 nitrogen and oxygen atoms in total. The summed E-state index contributed by atoms with van der Waals surface area (Å²) in [6.07, 6.45) is -2.69. The third-order valence-electron chi connectivity index (χ3n) is 2.78. The first-order valence-corrected chi connectivity index (χ1v) is 6.76. The van der Waals surface area contributed by atoms with Gasteiger partial charge in [0.25, 0.3) is 0 Å². The lowest BCUT2D eigenvalue weighted by Crippen LogP contribution is -2.14. The van der Waals surface area contributed by atoms with Crippen molar-refractivity contribution >= 4 is 17.5 Å². The van der Waals surface area contributed by atoms with Crippen molar-refractivity contribution in [2.24, 2.45) is 0 Å². The van der Waals surface area contributed by atoms with E-state index in [1.165, 1.54) is 6.07 Å². The molecule has 0 fully saturated rings. The van der Waals surface area contributed by atoms with E-state index < -0.39 is 11.7 Å². The fraction of sp³-hybridized carbons (Fsp3) is 0.357. The molecule has 114 valence electrons. The Hall–Kier alpha value is -1.69. The fourth-order valence-corrected chi connectivity index (χ4v) is 2.19. The van der Waals surface area contributed by atoms with Crippen LogP contribution in [0.2, 0.25) is 5.02 Å². The summed E-state index contributed by atoms with van der Waals surface area (Å²) in [7, 11) is 0. The van der Waals surface area contributed by atoms with Gasteiger partial charge in [0.05, 0.1) is 22.0 Å². The Morgan fingerprint density at radius 1 is 1.29 bits per heavy atom. The van der Waals surface area contributed by atoms with E-state index in [9.17, 15) is 13.2 Å². The van der Waals surface area contributed by atoms with E-state index in [0.29, 0.717) is 11.6 Å². The van der Waals surface area contributed by atoms with Crippen LogP contribution >= 0.6 is 11.6 Å². The molecule has 0 aliphatic heterocycles. The van der Waals surface area contributed by atoms with Crippen molar-refractivity contribution in [1.82, 2.24) is 9.55 Å². The summed E-state index contributed by atoms with van der Waals surface area (Å²) in [5.74, 6) is 0.546. The molecule has 1 N–H and O–H groups in total. The lowest BCUT2D eigenvalue weighted by molar-refractivity contribution is -0.137. The van der Waals surface area contributed by atoms with E-state index in [2.05, 4.69) is 10.3 Å². The SMILES string of the molecule is Cc1cn(-c2ccc(C(F)(F)F)cc2Cl)c(NC(C)C)n1. The van der Waals surface area contributed by atoms with Crippen LogP contribution in [-0.4, -0.2) is 15.6 Å². The number of anilines is 1. The van der Waals surface area contributed by atoms with Crippen LogP contribution in [0.4, 0.5) is 19.1 Å². The Kier molecular flexibility index (Phi) is 4.18. The van der Waals surface area contributed by atoms with E-state index in [1.807, 2.05) is 13.8 Å². The molecule has 0 unspecified atom stereocenters. The second kappa shape index (κ2) is 5.60. The molecule has 0 saturated heterocycles. The first-order valence-electron chi connectivity index (χ1n) is 6.38. The van der Waals surface area contributed by atoms with Crippen molar-refractivity contribution in [3.63, 3.8) is 0 Å². The van der Waals surface area contributed by atoms with E-state index in [0.717, 1.165) is 17.8 Å². The molecule has 0 bridgehead atoms. The maximum absolute atomic E-state index is 12.7. The molecule has 0 aliphatic rings. The zero-order valence-electron chi connectivity index (χ0n) is 11.8. The van der Waals surface area contributed by atoms with Gasteiger partial charge < -0.3 is 5.32 Å². The van der Waals surface area contributed by atoms with Crippen LogP contribution in [0.25, 0.3) is 5.69 Å². The van der Waals surface area contributed by atoms with E-state index >= 15 is 0 Å². The zero-order valence-corrected chi connectivity index (χ0v) is 12.5. The first kappa shape index (κ1) is 15.7. The third-order valence-corrected chi connectivity index (χ3v) is 3.08.